The van der Waals surface area contributed by atoms with E-state index in [1.165, 1.54) is 11.4 Å². The number of rotatable bonds is 2. The van der Waals surface area contributed by atoms with E-state index in [-0.39, 0.29) is 0 Å². The summed E-state index contributed by atoms with van der Waals surface area (Å²) < 4.78 is 0. The van der Waals surface area contributed by atoms with Gasteiger partial charge in [-0.3, -0.25) is 4.90 Å². The lowest BCUT2D eigenvalue weighted by Crippen LogP contribution is -2.26. The lowest BCUT2D eigenvalue weighted by atomic mass is 10.2. The molecule has 0 aliphatic carbocycles. The molecule has 78 valence electrons. The number of aryl methyl sites for hydroxylation is 1. The third-order valence-electron chi connectivity index (χ3n) is 2.66. The molecule has 2 nitrogen and oxygen atoms in total. The first-order chi connectivity index (χ1) is 6.65. The summed E-state index contributed by atoms with van der Waals surface area (Å²) in [5.74, 6) is 0. The van der Waals surface area contributed by atoms with Crippen LogP contribution in [0.3, 0.4) is 0 Å². The monoisotopic (exact) mass is 274 g/mol. The van der Waals surface area contributed by atoms with Gasteiger partial charge in [-0.15, -0.1) is 11.3 Å². The van der Waals surface area contributed by atoms with E-state index in [0.29, 0.717) is 10.9 Å². The Morgan fingerprint density at radius 2 is 2.50 bits per heavy atom. The highest BCUT2D eigenvalue weighted by atomic mass is 79.9. The van der Waals surface area contributed by atoms with Crippen molar-refractivity contribution in [3.8, 4) is 0 Å². The van der Waals surface area contributed by atoms with E-state index in [0.717, 1.165) is 18.8 Å². The van der Waals surface area contributed by atoms with Gasteiger partial charge < -0.3 is 0 Å². The SMILES string of the molecule is Cc1csc(CN2CC(Br)CC2C)n1. The number of alkyl halides is 1. The van der Waals surface area contributed by atoms with Crippen LogP contribution in [0, 0.1) is 6.92 Å². The van der Waals surface area contributed by atoms with Crippen molar-refractivity contribution in [1.82, 2.24) is 9.88 Å². The van der Waals surface area contributed by atoms with Crippen molar-refractivity contribution >= 4 is 27.3 Å². The highest BCUT2D eigenvalue weighted by Gasteiger charge is 2.27. The minimum Gasteiger partial charge on any atom is -0.293 e. The van der Waals surface area contributed by atoms with Gasteiger partial charge in [0.25, 0.3) is 0 Å². The molecule has 1 aromatic heterocycles. The molecular weight excluding hydrogens is 260 g/mol. The maximum Gasteiger partial charge on any atom is 0.107 e. The molecule has 0 amide bonds. The first kappa shape index (κ1) is 10.6. The molecule has 4 heteroatoms. The molecule has 0 N–H and O–H groups in total. The average molecular weight is 275 g/mol. The van der Waals surface area contributed by atoms with Crippen molar-refractivity contribution in [2.45, 2.75) is 37.7 Å². The molecule has 0 aromatic carbocycles. The van der Waals surface area contributed by atoms with Gasteiger partial charge >= 0.3 is 0 Å². The second-order valence-electron chi connectivity index (χ2n) is 3.99. The molecule has 14 heavy (non-hydrogen) atoms. The van der Waals surface area contributed by atoms with Crippen LogP contribution in [-0.2, 0) is 6.54 Å². The van der Waals surface area contributed by atoms with Crippen molar-refractivity contribution in [3.63, 3.8) is 0 Å². The van der Waals surface area contributed by atoms with Gasteiger partial charge in [0.05, 0.1) is 6.54 Å². The van der Waals surface area contributed by atoms with Gasteiger partial charge in [0, 0.05) is 28.5 Å². The molecule has 0 saturated carbocycles. The van der Waals surface area contributed by atoms with Crippen LogP contribution in [-0.4, -0.2) is 27.3 Å². The first-order valence-electron chi connectivity index (χ1n) is 4.94. The maximum absolute atomic E-state index is 4.50. The van der Waals surface area contributed by atoms with Crippen molar-refractivity contribution in [2.75, 3.05) is 6.54 Å². The highest BCUT2D eigenvalue weighted by molar-refractivity contribution is 9.09. The fraction of sp³-hybridized carbons (Fsp3) is 0.700. The third kappa shape index (κ3) is 2.35. The molecule has 1 saturated heterocycles. The van der Waals surface area contributed by atoms with E-state index in [9.17, 15) is 0 Å². The summed E-state index contributed by atoms with van der Waals surface area (Å²) in [5.41, 5.74) is 1.15. The second kappa shape index (κ2) is 4.29. The van der Waals surface area contributed by atoms with Crippen LogP contribution < -0.4 is 0 Å². The van der Waals surface area contributed by atoms with Gasteiger partial charge in [-0.2, -0.15) is 0 Å². The fourth-order valence-corrected chi connectivity index (χ4v) is 3.61. The quantitative estimate of drug-likeness (QED) is 0.772. The second-order valence-corrected chi connectivity index (χ2v) is 6.23. The topological polar surface area (TPSA) is 16.1 Å². The standard InChI is InChI=1S/C10H15BrN2S/c1-7-6-14-10(12-7)5-13-4-9(11)3-8(13)2/h6,8-9H,3-5H2,1-2H3. The predicted molar refractivity (Wildman–Crippen MR) is 64.1 cm³/mol. The Balaban J connectivity index is 1.98. The van der Waals surface area contributed by atoms with E-state index < -0.39 is 0 Å². The summed E-state index contributed by atoms with van der Waals surface area (Å²) in [4.78, 5) is 7.66. The van der Waals surface area contributed by atoms with Crippen LogP contribution in [0.2, 0.25) is 0 Å². The van der Waals surface area contributed by atoms with Crippen molar-refractivity contribution in [3.05, 3.63) is 16.1 Å². The summed E-state index contributed by atoms with van der Waals surface area (Å²) in [6.45, 7) is 6.52. The number of hydrogen-bond donors (Lipinski definition) is 0. The molecule has 2 unspecified atom stereocenters. The van der Waals surface area contributed by atoms with Crippen molar-refractivity contribution in [1.29, 1.82) is 0 Å². The molecule has 0 spiro atoms. The Hall–Kier alpha value is 0.0700. The summed E-state index contributed by atoms with van der Waals surface area (Å²) in [6, 6.07) is 0.684. The lowest BCUT2D eigenvalue weighted by molar-refractivity contribution is 0.260. The van der Waals surface area contributed by atoms with Crippen LogP contribution in [0.4, 0.5) is 0 Å². The van der Waals surface area contributed by atoms with E-state index in [1.807, 2.05) is 0 Å². The molecule has 1 fully saturated rings. The minimum absolute atomic E-state index is 0.665. The van der Waals surface area contributed by atoms with Crippen LogP contribution in [0.15, 0.2) is 5.38 Å². The normalized spacial score (nSPS) is 28.5. The van der Waals surface area contributed by atoms with Crippen LogP contribution in [0.25, 0.3) is 0 Å². The number of nitrogens with zero attached hydrogens (tertiary/aromatic N) is 2. The Labute approximate surface area is 97.5 Å². The van der Waals surface area contributed by atoms with E-state index >= 15 is 0 Å². The lowest BCUT2D eigenvalue weighted by Gasteiger charge is -2.18. The molecule has 1 aliphatic rings. The van der Waals surface area contributed by atoms with Gasteiger partial charge in [-0.25, -0.2) is 4.98 Å². The van der Waals surface area contributed by atoms with E-state index in [4.69, 9.17) is 0 Å². The van der Waals surface area contributed by atoms with E-state index in [2.05, 4.69) is 45.0 Å². The summed E-state index contributed by atoms with van der Waals surface area (Å²) in [6.07, 6.45) is 1.25. The van der Waals surface area contributed by atoms with Gasteiger partial charge in [0.2, 0.25) is 0 Å². The largest absolute Gasteiger partial charge is 0.293 e. The Morgan fingerprint density at radius 3 is 3.00 bits per heavy atom. The van der Waals surface area contributed by atoms with Gasteiger partial charge in [0.15, 0.2) is 0 Å². The number of halogens is 1. The third-order valence-corrected chi connectivity index (χ3v) is 4.27. The Kier molecular flexibility index (Phi) is 3.24. The first-order valence-corrected chi connectivity index (χ1v) is 6.74. The molecule has 1 aliphatic heterocycles. The Morgan fingerprint density at radius 1 is 1.71 bits per heavy atom. The van der Waals surface area contributed by atoms with Gasteiger partial charge in [-0.1, -0.05) is 15.9 Å². The zero-order chi connectivity index (χ0) is 10.1. The summed E-state index contributed by atoms with van der Waals surface area (Å²) in [7, 11) is 0. The molecule has 0 radical (unpaired) electrons. The molecule has 0 bridgehead atoms. The zero-order valence-corrected chi connectivity index (χ0v) is 10.9. The Bertz CT molecular complexity index is 313. The molecule has 1 aromatic rings. The smallest absolute Gasteiger partial charge is 0.107 e. The molecule has 2 rings (SSSR count). The minimum atomic E-state index is 0.665. The number of thiazole rings is 1. The average Bonchev–Trinajstić information content (AvgIpc) is 2.61. The summed E-state index contributed by atoms with van der Waals surface area (Å²) in [5, 5.41) is 3.37. The van der Waals surface area contributed by atoms with Crippen molar-refractivity contribution < 1.29 is 0 Å². The maximum atomic E-state index is 4.50. The number of hydrogen-bond acceptors (Lipinski definition) is 3. The molecular formula is C10H15BrN2S. The van der Waals surface area contributed by atoms with Crippen LogP contribution in [0.1, 0.15) is 24.0 Å². The molecule has 2 atom stereocenters. The van der Waals surface area contributed by atoms with Gasteiger partial charge in [0.1, 0.15) is 5.01 Å². The summed E-state index contributed by atoms with van der Waals surface area (Å²) >= 11 is 5.45. The van der Waals surface area contributed by atoms with Gasteiger partial charge in [-0.05, 0) is 20.3 Å². The zero-order valence-electron chi connectivity index (χ0n) is 8.53. The van der Waals surface area contributed by atoms with Crippen molar-refractivity contribution in [2.24, 2.45) is 0 Å². The molecule has 2 heterocycles. The van der Waals surface area contributed by atoms with Crippen LogP contribution in [0.5, 0.6) is 0 Å². The van der Waals surface area contributed by atoms with Crippen LogP contribution >= 0.6 is 27.3 Å². The van der Waals surface area contributed by atoms with E-state index in [1.54, 1.807) is 11.3 Å². The number of likely N-dealkylation sites (tertiary alicyclic amines) is 1. The predicted octanol–water partition coefficient (Wildman–Crippen LogP) is 2.81. The fourth-order valence-electron chi connectivity index (χ4n) is 1.90. The number of aromatic nitrogens is 1. The highest BCUT2D eigenvalue weighted by Crippen LogP contribution is 2.25.